The lowest BCUT2D eigenvalue weighted by molar-refractivity contribution is 0.194. The molecule has 0 radical (unpaired) electrons. The lowest BCUT2D eigenvalue weighted by atomic mass is 9.75. The molecule has 0 N–H and O–H groups in total. The van der Waals surface area contributed by atoms with Crippen LogP contribution in [0.3, 0.4) is 0 Å². The van der Waals surface area contributed by atoms with Crippen LogP contribution in [0.15, 0.2) is 22.7 Å². The molecule has 1 aliphatic heterocycles. The Bertz CT molecular complexity index is 374. The number of anilines is 1. The Morgan fingerprint density at radius 3 is 2.44 bits per heavy atom. The normalized spacial score (nSPS) is 18.4. The summed E-state index contributed by atoms with van der Waals surface area (Å²) in [6.45, 7) is 9.26. The summed E-state index contributed by atoms with van der Waals surface area (Å²) in [5.74, 6) is 0. The van der Waals surface area contributed by atoms with Crippen molar-refractivity contribution >= 4 is 21.6 Å². The van der Waals surface area contributed by atoms with Gasteiger partial charge in [0.25, 0.3) is 0 Å². The predicted molar refractivity (Wildman–Crippen MR) is 74.1 cm³/mol. The number of benzene rings is 1. The maximum atomic E-state index is 3.60. The van der Waals surface area contributed by atoms with E-state index in [0.29, 0.717) is 5.41 Å². The molecule has 2 rings (SSSR count). The van der Waals surface area contributed by atoms with E-state index in [0.717, 1.165) is 0 Å². The van der Waals surface area contributed by atoms with Gasteiger partial charge in [0, 0.05) is 28.7 Å². The molecule has 0 amide bonds. The highest BCUT2D eigenvalue weighted by Gasteiger charge is 2.40. The topological polar surface area (TPSA) is 3.24 Å². The molecular formula is C14H20BrN. The first kappa shape index (κ1) is 12.0. The van der Waals surface area contributed by atoms with Gasteiger partial charge in [0.05, 0.1) is 0 Å². The van der Waals surface area contributed by atoms with Gasteiger partial charge in [-0.25, -0.2) is 0 Å². The Kier molecular flexibility index (Phi) is 3.29. The van der Waals surface area contributed by atoms with Crippen molar-refractivity contribution in [2.75, 3.05) is 18.0 Å². The standard InChI is InChI=1S/C14H20BrN/c1-4-14(5-2)9-16(10-14)13-8-6-7-12(15)11(13)3/h6-8H,4-5,9-10H2,1-3H3. The molecule has 2 heteroatoms. The fourth-order valence-electron chi connectivity index (χ4n) is 2.57. The van der Waals surface area contributed by atoms with Crippen LogP contribution < -0.4 is 4.90 Å². The van der Waals surface area contributed by atoms with Gasteiger partial charge in [0.1, 0.15) is 0 Å². The third-order valence-electron chi connectivity index (χ3n) is 4.13. The second-order valence-corrected chi connectivity index (χ2v) is 5.80. The fourth-order valence-corrected chi connectivity index (χ4v) is 2.93. The van der Waals surface area contributed by atoms with Crippen LogP contribution in [0.4, 0.5) is 5.69 Å². The molecule has 1 aromatic rings. The highest BCUT2D eigenvalue weighted by Crippen LogP contribution is 2.41. The van der Waals surface area contributed by atoms with Crippen LogP contribution in [0.1, 0.15) is 32.3 Å². The molecule has 1 saturated heterocycles. The van der Waals surface area contributed by atoms with Crippen molar-refractivity contribution in [3.05, 3.63) is 28.2 Å². The molecule has 0 aliphatic carbocycles. The van der Waals surface area contributed by atoms with Crippen LogP contribution in [-0.4, -0.2) is 13.1 Å². The number of hydrogen-bond donors (Lipinski definition) is 0. The lowest BCUT2D eigenvalue weighted by Gasteiger charge is -2.51. The van der Waals surface area contributed by atoms with E-state index in [2.05, 4.69) is 59.8 Å². The summed E-state index contributed by atoms with van der Waals surface area (Å²) in [6, 6.07) is 6.48. The number of hydrogen-bond acceptors (Lipinski definition) is 1. The summed E-state index contributed by atoms with van der Waals surface area (Å²) >= 11 is 3.60. The minimum atomic E-state index is 0.578. The van der Waals surface area contributed by atoms with E-state index < -0.39 is 0 Å². The number of rotatable bonds is 3. The van der Waals surface area contributed by atoms with E-state index in [1.54, 1.807) is 0 Å². The van der Waals surface area contributed by atoms with Gasteiger partial charge >= 0.3 is 0 Å². The van der Waals surface area contributed by atoms with Crippen molar-refractivity contribution in [1.29, 1.82) is 0 Å². The highest BCUT2D eigenvalue weighted by atomic mass is 79.9. The van der Waals surface area contributed by atoms with Crippen molar-refractivity contribution in [3.8, 4) is 0 Å². The van der Waals surface area contributed by atoms with Gasteiger partial charge in [-0.2, -0.15) is 0 Å². The van der Waals surface area contributed by atoms with E-state index in [1.807, 2.05) is 0 Å². The molecule has 88 valence electrons. The number of nitrogens with zero attached hydrogens (tertiary/aromatic N) is 1. The van der Waals surface area contributed by atoms with Gasteiger partial charge < -0.3 is 4.90 Å². The molecule has 16 heavy (non-hydrogen) atoms. The van der Waals surface area contributed by atoms with Crippen LogP contribution in [0.25, 0.3) is 0 Å². The van der Waals surface area contributed by atoms with Crippen molar-refractivity contribution in [2.45, 2.75) is 33.6 Å². The highest BCUT2D eigenvalue weighted by molar-refractivity contribution is 9.10. The molecule has 0 atom stereocenters. The van der Waals surface area contributed by atoms with Gasteiger partial charge in [-0.15, -0.1) is 0 Å². The first-order valence-electron chi connectivity index (χ1n) is 6.12. The van der Waals surface area contributed by atoms with E-state index in [-0.39, 0.29) is 0 Å². The molecule has 0 aromatic heterocycles. The van der Waals surface area contributed by atoms with Crippen molar-refractivity contribution in [1.82, 2.24) is 0 Å². The van der Waals surface area contributed by atoms with Gasteiger partial charge in [-0.1, -0.05) is 35.8 Å². The third-order valence-corrected chi connectivity index (χ3v) is 4.99. The largest absolute Gasteiger partial charge is 0.370 e. The van der Waals surface area contributed by atoms with Crippen molar-refractivity contribution in [3.63, 3.8) is 0 Å². The zero-order valence-corrected chi connectivity index (χ0v) is 12.0. The van der Waals surface area contributed by atoms with E-state index in [9.17, 15) is 0 Å². The summed E-state index contributed by atoms with van der Waals surface area (Å²) in [6.07, 6.45) is 2.60. The van der Waals surface area contributed by atoms with E-state index in [4.69, 9.17) is 0 Å². The number of halogens is 1. The van der Waals surface area contributed by atoms with Crippen LogP contribution in [0, 0.1) is 12.3 Å². The van der Waals surface area contributed by atoms with Crippen molar-refractivity contribution < 1.29 is 0 Å². The molecule has 0 spiro atoms. The van der Waals surface area contributed by atoms with Crippen LogP contribution in [0.5, 0.6) is 0 Å². The quantitative estimate of drug-likeness (QED) is 0.795. The minimum Gasteiger partial charge on any atom is -0.370 e. The summed E-state index contributed by atoms with van der Waals surface area (Å²) in [5.41, 5.74) is 3.34. The maximum Gasteiger partial charge on any atom is 0.0407 e. The Hall–Kier alpha value is -0.500. The zero-order chi connectivity index (χ0) is 11.8. The van der Waals surface area contributed by atoms with Crippen molar-refractivity contribution in [2.24, 2.45) is 5.41 Å². The monoisotopic (exact) mass is 281 g/mol. The molecule has 0 unspecified atom stereocenters. The zero-order valence-electron chi connectivity index (χ0n) is 10.4. The van der Waals surface area contributed by atoms with Crippen LogP contribution in [-0.2, 0) is 0 Å². The average molecular weight is 282 g/mol. The fraction of sp³-hybridized carbons (Fsp3) is 0.571. The molecule has 0 saturated carbocycles. The van der Waals surface area contributed by atoms with E-state index in [1.165, 1.54) is 41.7 Å². The summed E-state index contributed by atoms with van der Waals surface area (Å²) in [5, 5.41) is 0. The second-order valence-electron chi connectivity index (χ2n) is 4.95. The summed E-state index contributed by atoms with van der Waals surface area (Å²) < 4.78 is 1.22. The molecule has 1 aliphatic rings. The first-order chi connectivity index (χ1) is 7.62. The molecule has 1 heterocycles. The molecule has 1 aromatic carbocycles. The van der Waals surface area contributed by atoms with E-state index >= 15 is 0 Å². The third kappa shape index (κ3) is 1.88. The van der Waals surface area contributed by atoms with Gasteiger partial charge in [-0.3, -0.25) is 0 Å². The molecule has 1 nitrogen and oxygen atoms in total. The smallest absolute Gasteiger partial charge is 0.0407 e. The first-order valence-corrected chi connectivity index (χ1v) is 6.91. The predicted octanol–water partition coefficient (Wildman–Crippen LogP) is 4.38. The summed E-state index contributed by atoms with van der Waals surface area (Å²) in [4.78, 5) is 2.51. The molecular weight excluding hydrogens is 262 g/mol. The molecule has 0 bridgehead atoms. The lowest BCUT2D eigenvalue weighted by Crippen LogP contribution is -2.56. The molecule has 1 fully saturated rings. The Morgan fingerprint density at radius 1 is 1.25 bits per heavy atom. The van der Waals surface area contributed by atoms with Gasteiger partial charge in [0.2, 0.25) is 0 Å². The second kappa shape index (κ2) is 4.40. The average Bonchev–Trinajstić information content (AvgIpc) is 2.24. The minimum absolute atomic E-state index is 0.578. The van der Waals surface area contributed by atoms with Crippen LogP contribution >= 0.6 is 15.9 Å². The SMILES string of the molecule is CCC1(CC)CN(c2cccc(Br)c2C)C1. The Morgan fingerprint density at radius 2 is 1.88 bits per heavy atom. The van der Waals surface area contributed by atoms with Gasteiger partial charge in [-0.05, 0) is 37.5 Å². The Balaban J connectivity index is 2.15. The van der Waals surface area contributed by atoms with Crippen LogP contribution in [0.2, 0.25) is 0 Å². The maximum absolute atomic E-state index is 3.60. The summed E-state index contributed by atoms with van der Waals surface area (Å²) in [7, 11) is 0. The Labute approximate surface area is 107 Å². The van der Waals surface area contributed by atoms with Gasteiger partial charge in [0.15, 0.2) is 0 Å².